The third-order valence-corrected chi connectivity index (χ3v) is 2.25. The first-order valence-corrected chi connectivity index (χ1v) is 5.06. The zero-order valence-corrected chi connectivity index (χ0v) is 10.9. The molecule has 0 saturated carbocycles. The number of halogens is 1. The zero-order chi connectivity index (χ0) is 12.2. The van der Waals surface area contributed by atoms with Crippen molar-refractivity contribution in [3.63, 3.8) is 0 Å². The van der Waals surface area contributed by atoms with Crippen molar-refractivity contribution in [3.05, 3.63) is 0 Å². The Morgan fingerprint density at radius 2 is 1.56 bits per heavy atom. The van der Waals surface area contributed by atoms with E-state index in [-0.39, 0.29) is 24.2 Å². The molecule has 0 spiro atoms. The zero-order valence-electron chi connectivity index (χ0n) is 10.1. The van der Waals surface area contributed by atoms with Gasteiger partial charge in [0.25, 0.3) is 0 Å². The van der Waals surface area contributed by atoms with Gasteiger partial charge in [-0.1, -0.05) is 27.7 Å². The number of nitrogens with two attached hydrogens (primary N) is 1. The Balaban J connectivity index is 0. The molecule has 1 amide bonds. The van der Waals surface area contributed by atoms with Crippen LogP contribution in [0.4, 0.5) is 0 Å². The van der Waals surface area contributed by atoms with Gasteiger partial charge in [0.2, 0.25) is 5.91 Å². The molecule has 6 heteroatoms. The Labute approximate surface area is 102 Å². The summed E-state index contributed by atoms with van der Waals surface area (Å²) < 4.78 is 0. The molecule has 0 aliphatic heterocycles. The molecule has 4 N–H and O–H groups in total. The van der Waals surface area contributed by atoms with Crippen molar-refractivity contribution in [2.75, 3.05) is 0 Å². The van der Waals surface area contributed by atoms with Crippen LogP contribution in [0.2, 0.25) is 0 Å². The van der Waals surface area contributed by atoms with Crippen molar-refractivity contribution >= 4 is 24.3 Å². The molecule has 0 fully saturated rings. The second-order valence-electron chi connectivity index (χ2n) is 4.34. The van der Waals surface area contributed by atoms with Crippen LogP contribution in [0.15, 0.2) is 0 Å². The number of nitrogens with one attached hydrogen (secondary N) is 1. The topological polar surface area (TPSA) is 92.4 Å². The molecule has 0 heterocycles. The van der Waals surface area contributed by atoms with Crippen molar-refractivity contribution < 1.29 is 14.7 Å². The van der Waals surface area contributed by atoms with Gasteiger partial charge in [0.1, 0.15) is 6.04 Å². The number of carboxylic acids is 1. The van der Waals surface area contributed by atoms with Crippen molar-refractivity contribution in [2.24, 2.45) is 17.6 Å². The van der Waals surface area contributed by atoms with Crippen LogP contribution >= 0.6 is 12.4 Å². The van der Waals surface area contributed by atoms with Gasteiger partial charge in [0.15, 0.2) is 0 Å². The maximum Gasteiger partial charge on any atom is 0.326 e. The molecule has 0 radical (unpaired) electrons. The normalized spacial score (nSPS) is 14.2. The average molecular weight is 253 g/mol. The lowest BCUT2D eigenvalue weighted by molar-refractivity contribution is -0.143. The first kappa shape index (κ1) is 17.6. The third kappa shape index (κ3) is 5.32. The molecule has 5 nitrogen and oxygen atoms in total. The van der Waals surface area contributed by atoms with Crippen molar-refractivity contribution in [2.45, 2.75) is 39.8 Å². The molecular weight excluding hydrogens is 232 g/mol. The summed E-state index contributed by atoms with van der Waals surface area (Å²) in [5, 5.41) is 11.3. The predicted molar refractivity (Wildman–Crippen MR) is 64.5 cm³/mol. The maximum atomic E-state index is 11.5. The first-order chi connectivity index (χ1) is 6.77. The third-order valence-electron chi connectivity index (χ3n) is 2.25. The van der Waals surface area contributed by atoms with Gasteiger partial charge in [-0.05, 0) is 11.8 Å². The maximum absolute atomic E-state index is 11.5. The van der Waals surface area contributed by atoms with Gasteiger partial charge < -0.3 is 16.2 Å². The lowest BCUT2D eigenvalue weighted by Gasteiger charge is -2.21. The van der Waals surface area contributed by atoms with Gasteiger partial charge in [-0.3, -0.25) is 4.79 Å². The minimum absolute atomic E-state index is 0. The number of carbonyl (C=O) groups excluding carboxylic acids is 1. The van der Waals surface area contributed by atoms with Crippen molar-refractivity contribution in [1.29, 1.82) is 0 Å². The summed E-state index contributed by atoms with van der Waals surface area (Å²) in [6.07, 6.45) is 0. The first-order valence-electron chi connectivity index (χ1n) is 5.06. The molecule has 96 valence electrons. The Morgan fingerprint density at radius 3 is 1.81 bits per heavy atom. The molecule has 0 aromatic carbocycles. The van der Waals surface area contributed by atoms with Crippen LogP contribution in [-0.4, -0.2) is 29.1 Å². The van der Waals surface area contributed by atoms with E-state index in [1.54, 1.807) is 13.8 Å². The second-order valence-corrected chi connectivity index (χ2v) is 4.34. The fourth-order valence-corrected chi connectivity index (χ4v) is 1.07. The highest BCUT2D eigenvalue weighted by atomic mass is 35.5. The van der Waals surface area contributed by atoms with Crippen LogP contribution in [0, 0.1) is 11.8 Å². The van der Waals surface area contributed by atoms with E-state index >= 15 is 0 Å². The largest absolute Gasteiger partial charge is 0.480 e. The Hall–Kier alpha value is -0.810. The highest BCUT2D eigenvalue weighted by Gasteiger charge is 2.26. The molecule has 0 aliphatic carbocycles. The standard InChI is InChI=1S/C10H20N2O3.ClH/c1-5(2)7(11)9(13)12-8(6(3)4)10(14)15;/h5-8H,11H2,1-4H3,(H,12,13)(H,14,15);1H/t7-,8-;/m1./s1. The molecule has 0 bridgehead atoms. The number of aliphatic carboxylic acids is 1. The number of hydrogen-bond acceptors (Lipinski definition) is 3. The Kier molecular flexibility index (Phi) is 8.20. The van der Waals surface area contributed by atoms with Gasteiger partial charge in [-0.2, -0.15) is 0 Å². The molecular formula is C10H21ClN2O3. The SMILES string of the molecule is CC(C)[C@@H](N)C(=O)N[C@@H](C(=O)O)C(C)C.Cl. The number of rotatable bonds is 5. The highest BCUT2D eigenvalue weighted by molar-refractivity contribution is 5.87. The van der Waals surface area contributed by atoms with E-state index in [1.807, 2.05) is 13.8 Å². The molecule has 0 aromatic rings. The summed E-state index contributed by atoms with van der Waals surface area (Å²) >= 11 is 0. The van der Waals surface area contributed by atoms with Crippen molar-refractivity contribution in [1.82, 2.24) is 5.32 Å². The number of carbonyl (C=O) groups is 2. The van der Waals surface area contributed by atoms with Crippen LogP contribution in [0.5, 0.6) is 0 Å². The minimum Gasteiger partial charge on any atom is -0.480 e. The molecule has 0 rings (SSSR count). The van der Waals surface area contributed by atoms with E-state index in [0.29, 0.717) is 0 Å². The molecule has 0 aromatic heterocycles. The number of hydrogen-bond donors (Lipinski definition) is 3. The molecule has 16 heavy (non-hydrogen) atoms. The van der Waals surface area contributed by atoms with Gasteiger partial charge in [0.05, 0.1) is 6.04 Å². The quantitative estimate of drug-likeness (QED) is 0.669. The molecule has 0 aliphatic rings. The van der Waals surface area contributed by atoms with Gasteiger partial charge in [0, 0.05) is 0 Å². The summed E-state index contributed by atoms with van der Waals surface area (Å²) in [6.45, 7) is 7.10. The van der Waals surface area contributed by atoms with E-state index in [0.717, 1.165) is 0 Å². The van der Waals surface area contributed by atoms with E-state index in [1.165, 1.54) is 0 Å². The summed E-state index contributed by atoms with van der Waals surface area (Å²) in [5.41, 5.74) is 5.60. The van der Waals surface area contributed by atoms with Crippen molar-refractivity contribution in [3.8, 4) is 0 Å². The van der Waals surface area contributed by atoms with Gasteiger partial charge in [-0.15, -0.1) is 12.4 Å². The van der Waals surface area contributed by atoms with Gasteiger partial charge in [-0.25, -0.2) is 4.79 Å². The highest BCUT2D eigenvalue weighted by Crippen LogP contribution is 2.04. The summed E-state index contributed by atoms with van der Waals surface area (Å²) in [6, 6.07) is -1.53. The van der Waals surface area contributed by atoms with Crippen LogP contribution in [0.1, 0.15) is 27.7 Å². The predicted octanol–water partition coefficient (Wildman–Crippen LogP) is 0.617. The van der Waals surface area contributed by atoms with Gasteiger partial charge >= 0.3 is 5.97 Å². The number of carboxylic acid groups (broad SMARTS) is 1. The lowest BCUT2D eigenvalue weighted by atomic mass is 10.0. The fraction of sp³-hybridized carbons (Fsp3) is 0.800. The van der Waals surface area contributed by atoms with E-state index < -0.39 is 24.0 Å². The molecule has 2 atom stereocenters. The summed E-state index contributed by atoms with van der Waals surface area (Å²) in [5.74, 6) is -1.61. The fourth-order valence-electron chi connectivity index (χ4n) is 1.07. The monoisotopic (exact) mass is 252 g/mol. The van der Waals surface area contributed by atoms with Crippen LogP contribution in [-0.2, 0) is 9.59 Å². The van der Waals surface area contributed by atoms with Crippen LogP contribution in [0.25, 0.3) is 0 Å². The molecule has 0 unspecified atom stereocenters. The summed E-state index contributed by atoms with van der Waals surface area (Å²) in [7, 11) is 0. The Morgan fingerprint density at radius 1 is 1.12 bits per heavy atom. The minimum atomic E-state index is -1.03. The molecule has 0 saturated heterocycles. The number of amides is 1. The van der Waals surface area contributed by atoms with E-state index in [4.69, 9.17) is 10.8 Å². The second kappa shape index (κ2) is 7.46. The van der Waals surface area contributed by atoms with E-state index in [9.17, 15) is 9.59 Å². The summed E-state index contributed by atoms with van der Waals surface area (Å²) in [4.78, 5) is 22.3. The average Bonchev–Trinajstić information content (AvgIpc) is 2.11. The van der Waals surface area contributed by atoms with E-state index in [2.05, 4.69) is 5.32 Å². The van der Waals surface area contributed by atoms with Crippen LogP contribution < -0.4 is 11.1 Å². The lowest BCUT2D eigenvalue weighted by Crippen LogP contribution is -2.52. The smallest absolute Gasteiger partial charge is 0.326 e. The van der Waals surface area contributed by atoms with Crippen LogP contribution in [0.3, 0.4) is 0 Å². The Bertz CT molecular complexity index is 244.